The fourth-order valence-electron chi connectivity index (χ4n) is 3.32. The van der Waals surface area contributed by atoms with Crippen LogP contribution in [0.2, 0.25) is 0 Å². The summed E-state index contributed by atoms with van der Waals surface area (Å²) in [6.45, 7) is 4.75. The van der Waals surface area contributed by atoms with Crippen LogP contribution in [0.25, 0.3) is 0 Å². The Morgan fingerprint density at radius 3 is 2.71 bits per heavy atom. The van der Waals surface area contributed by atoms with Gasteiger partial charge in [-0.15, -0.1) is 0 Å². The second-order valence-corrected chi connectivity index (χ2v) is 4.91. The van der Waals surface area contributed by atoms with E-state index in [4.69, 9.17) is 0 Å². The zero-order valence-corrected chi connectivity index (χ0v) is 9.28. The molecule has 2 fully saturated rings. The lowest BCUT2D eigenvalue weighted by atomic mass is 9.94. The highest BCUT2D eigenvalue weighted by Crippen LogP contribution is 2.35. The van der Waals surface area contributed by atoms with Crippen LogP contribution in [0.15, 0.2) is 0 Å². The highest BCUT2D eigenvalue weighted by molar-refractivity contribution is 4.91. The van der Waals surface area contributed by atoms with Crippen molar-refractivity contribution in [2.75, 3.05) is 13.1 Å². The molecule has 82 valence electrons. The van der Waals surface area contributed by atoms with Gasteiger partial charge in [0.05, 0.1) is 6.10 Å². The van der Waals surface area contributed by atoms with E-state index in [2.05, 4.69) is 11.8 Å². The molecule has 0 aromatic rings. The Morgan fingerprint density at radius 2 is 2.07 bits per heavy atom. The fraction of sp³-hybridized carbons (Fsp3) is 1.00. The maximum Gasteiger partial charge on any atom is 0.0583 e. The minimum absolute atomic E-state index is 0.00236. The summed E-state index contributed by atoms with van der Waals surface area (Å²) >= 11 is 0. The minimum Gasteiger partial charge on any atom is -0.393 e. The molecular weight excluding hydrogens is 174 g/mol. The third-order valence-corrected chi connectivity index (χ3v) is 3.95. The first-order chi connectivity index (χ1) is 6.83. The Hall–Kier alpha value is -0.0800. The van der Waals surface area contributed by atoms with Gasteiger partial charge in [0.1, 0.15) is 0 Å². The van der Waals surface area contributed by atoms with Gasteiger partial charge in [0, 0.05) is 12.0 Å². The van der Waals surface area contributed by atoms with E-state index < -0.39 is 0 Å². The molecule has 1 aliphatic carbocycles. The molecule has 2 nitrogen and oxygen atoms in total. The molecule has 3 unspecified atom stereocenters. The predicted molar refractivity (Wildman–Crippen MR) is 58.2 cm³/mol. The van der Waals surface area contributed by atoms with Crippen LogP contribution in [0.1, 0.15) is 45.4 Å². The topological polar surface area (TPSA) is 23.5 Å². The molecule has 14 heavy (non-hydrogen) atoms. The van der Waals surface area contributed by atoms with Crippen LogP contribution < -0.4 is 0 Å². The largest absolute Gasteiger partial charge is 0.393 e. The van der Waals surface area contributed by atoms with E-state index in [1.54, 1.807) is 0 Å². The summed E-state index contributed by atoms with van der Waals surface area (Å²) in [5, 5.41) is 9.91. The lowest BCUT2D eigenvalue weighted by molar-refractivity contribution is 0.0747. The van der Waals surface area contributed by atoms with Gasteiger partial charge < -0.3 is 10.0 Å². The van der Waals surface area contributed by atoms with E-state index in [-0.39, 0.29) is 6.10 Å². The van der Waals surface area contributed by atoms with Gasteiger partial charge in [-0.1, -0.05) is 13.3 Å². The predicted octanol–water partition coefficient (Wildman–Crippen LogP) is 2.02. The maximum absolute atomic E-state index is 9.91. The molecule has 2 rings (SSSR count). The van der Waals surface area contributed by atoms with E-state index in [9.17, 15) is 5.11 Å². The van der Waals surface area contributed by atoms with Gasteiger partial charge in [0.2, 0.25) is 0 Å². The smallest absolute Gasteiger partial charge is 0.0583 e. The number of hydrogen-bond acceptors (Lipinski definition) is 2. The summed E-state index contributed by atoms with van der Waals surface area (Å²) in [6, 6.07) is 0.701. The Labute approximate surface area is 87.3 Å². The summed E-state index contributed by atoms with van der Waals surface area (Å²) in [5.41, 5.74) is 0. The van der Waals surface area contributed by atoms with E-state index in [0.717, 1.165) is 6.42 Å². The van der Waals surface area contributed by atoms with Crippen LogP contribution in [0, 0.1) is 5.92 Å². The van der Waals surface area contributed by atoms with Crippen LogP contribution in [-0.4, -0.2) is 35.2 Å². The lowest BCUT2D eigenvalue weighted by Gasteiger charge is -2.30. The Balaban J connectivity index is 1.94. The molecule has 0 aromatic heterocycles. The van der Waals surface area contributed by atoms with E-state index in [1.807, 2.05) is 0 Å². The van der Waals surface area contributed by atoms with Crippen LogP contribution in [0.3, 0.4) is 0 Å². The first-order valence-electron chi connectivity index (χ1n) is 6.25. The van der Waals surface area contributed by atoms with E-state index in [1.165, 1.54) is 45.2 Å². The summed E-state index contributed by atoms with van der Waals surface area (Å²) < 4.78 is 0. The molecule has 1 saturated heterocycles. The quantitative estimate of drug-likeness (QED) is 0.748. The zero-order valence-electron chi connectivity index (χ0n) is 9.28. The van der Waals surface area contributed by atoms with Gasteiger partial charge in [-0.05, 0) is 45.2 Å². The van der Waals surface area contributed by atoms with Crippen molar-refractivity contribution < 1.29 is 5.11 Å². The fourth-order valence-corrected chi connectivity index (χ4v) is 3.32. The summed E-state index contributed by atoms with van der Waals surface area (Å²) in [4.78, 5) is 2.61. The number of aliphatic hydroxyl groups excluding tert-OH is 1. The Kier molecular flexibility index (Phi) is 3.45. The van der Waals surface area contributed by atoms with Gasteiger partial charge in [-0.3, -0.25) is 0 Å². The molecule has 0 aromatic carbocycles. The molecule has 0 radical (unpaired) electrons. The molecule has 3 atom stereocenters. The van der Waals surface area contributed by atoms with Crippen molar-refractivity contribution in [3.05, 3.63) is 0 Å². The monoisotopic (exact) mass is 197 g/mol. The number of hydrogen-bond donors (Lipinski definition) is 1. The van der Waals surface area contributed by atoms with Crippen molar-refractivity contribution in [3.63, 3.8) is 0 Å². The number of rotatable bonds is 3. The second-order valence-electron chi connectivity index (χ2n) is 4.91. The van der Waals surface area contributed by atoms with Crippen molar-refractivity contribution >= 4 is 0 Å². The summed E-state index contributed by atoms with van der Waals surface area (Å²) in [7, 11) is 0. The van der Waals surface area contributed by atoms with Crippen molar-refractivity contribution in [1.82, 2.24) is 4.90 Å². The second kappa shape index (κ2) is 4.63. The third-order valence-electron chi connectivity index (χ3n) is 3.95. The normalized spacial score (nSPS) is 39.4. The van der Waals surface area contributed by atoms with Crippen LogP contribution >= 0.6 is 0 Å². The number of likely N-dealkylation sites (tertiary alicyclic amines) is 1. The highest BCUT2D eigenvalue weighted by atomic mass is 16.3. The molecule has 0 spiro atoms. The molecule has 1 N–H and O–H groups in total. The average molecular weight is 197 g/mol. The Morgan fingerprint density at radius 1 is 1.21 bits per heavy atom. The zero-order chi connectivity index (χ0) is 9.97. The molecule has 1 aliphatic heterocycles. The molecule has 2 heteroatoms. The van der Waals surface area contributed by atoms with Crippen LogP contribution in [0.5, 0.6) is 0 Å². The standard InChI is InChI=1S/C12H23NO/c1-2-8-13-9-4-6-11(13)10-5-3-7-12(10)14/h10-12,14H,2-9H2,1H3. The minimum atomic E-state index is -0.00236. The average Bonchev–Trinajstić information content (AvgIpc) is 2.74. The van der Waals surface area contributed by atoms with Crippen molar-refractivity contribution in [2.24, 2.45) is 5.92 Å². The number of aliphatic hydroxyl groups is 1. The maximum atomic E-state index is 9.91. The van der Waals surface area contributed by atoms with E-state index in [0.29, 0.717) is 12.0 Å². The van der Waals surface area contributed by atoms with Crippen molar-refractivity contribution in [3.8, 4) is 0 Å². The lowest BCUT2D eigenvalue weighted by Crippen LogP contribution is -2.39. The van der Waals surface area contributed by atoms with Gasteiger partial charge in [-0.25, -0.2) is 0 Å². The molecule has 2 aliphatic rings. The summed E-state index contributed by atoms with van der Waals surface area (Å²) in [6.07, 6.45) is 7.45. The van der Waals surface area contributed by atoms with Gasteiger partial charge in [0.15, 0.2) is 0 Å². The Bertz CT molecular complexity index is 183. The molecule has 0 bridgehead atoms. The highest BCUT2D eigenvalue weighted by Gasteiger charge is 2.37. The van der Waals surface area contributed by atoms with Gasteiger partial charge in [-0.2, -0.15) is 0 Å². The molecular formula is C12H23NO. The first kappa shape index (κ1) is 10.4. The SMILES string of the molecule is CCCN1CCCC1C1CCCC1O. The van der Waals surface area contributed by atoms with Crippen molar-refractivity contribution in [2.45, 2.75) is 57.6 Å². The van der Waals surface area contributed by atoms with Crippen LogP contribution in [0.4, 0.5) is 0 Å². The summed E-state index contributed by atoms with van der Waals surface area (Å²) in [5.74, 6) is 0.587. The molecule has 1 heterocycles. The number of nitrogens with zero attached hydrogens (tertiary/aromatic N) is 1. The van der Waals surface area contributed by atoms with Gasteiger partial charge in [0.25, 0.3) is 0 Å². The molecule has 0 amide bonds. The van der Waals surface area contributed by atoms with Crippen LogP contribution in [-0.2, 0) is 0 Å². The first-order valence-corrected chi connectivity index (χ1v) is 6.25. The molecule has 1 saturated carbocycles. The van der Waals surface area contributed by atoms with Gasteiger partial charge >= 0.3 is 0 Å². The van der Waals surface area contributed by atoms with E-state index >= 15 is 0 Å². The third kappa shape index (κ3) is 1.96. The van der Waals surface area contributed by atoms with Crippen molar-refractivity contribution in [1.29, 1.82) is 0 Å².